The number of imidazole rings is 1. The molecule has 0 unspecified atom stereocenters. The van der Waals surface area contributed by atoms with Gasteiger partial charge in [-0.25, -0.2) is 15.0 Å². The van der Waals surface area contributed by atoms with Crippen LogP contribution in [0.25, 0.3) is 56.1 Å². The maximum atomic E-state index is 9.79. The third kappa shape index (κ3) is 6.63. The molecular weight excluding hydrogens is 626 g/mol. The molecule has 2 aliphatic rings. The Labute approximate surface area is 290 Å². The van der Waals surface area contributed by atoms with Crippen molar-refractivity contribution in [2.24, 2.45) is 5.92 Å². The van der Waals surface area contributed by atoms with Crippen LogP contribution in [-0.4, -0.2) is 41.9 Å². The monoisotopic (exact) mass is 669 g/mol. The van der Waals surface area contributed by atoms with Gasteiger partial charge < -0.3 is 29.3 Å². The van der Waals surface area contributed by atoms with Crippen LogP contribution in [0.3, 0.4) is 0 Å². The molecule has 0 amide bonds. The Morgan fingerprint density at radius 2 is 1.22 bits per heavy atom. The molecule has 3 heterocycles. The number of aliphatic hydroxyl groups is 2. The van der Waals surface area contributed by atoms with Crippen LogP contribution in [0.2, 0.25) is 0 Å². The number of oxazole rings is 2. The first kappa shape index (κ1) is 32.2. The number of anilines is 1. The van der Waals surface area contributed by atoms with Gasteiger partial charge in [-0.15, -0.1) is 0 Å². The lowest BCUT2D eigenvalue weighted by molar-refractivity contribution is 0.109. The number of aryl methyl sites for hydroxylation is 1. The standard InChI is InChI=1S/C21H21N3O2.C20H22N2O2/c1-13-22-18-12-14(21-23-17-4-2-3-5-20(17)26-21)6-11-19(18)24(13)15-7-9-16(25)10-8-15;21-17-12-15(20-22-18-3-1-2-4-19(18)24-20)8-7-14(17)11-13-5-9-16(23)10-6-13/h2-6,11-12,15-16,25H,7-10H2,1H3;1-4,7-8,12-13,16,23H,5-6,9-11,21H2. The van der Waals surface area contributed by atoms with Crippen molar-refractivity contribution in [1.29, 1.82) is 0 Å². The highest BCUT2D eigenvalue weighted by atomic mass is 16.4. The molecule has 50 heavy (non-hydrogen) atoms. The Hall–Kier alpha value is -4.99. The van der Waals surface area contributed by atoms with E-state index >= 15 is 0 Å². The van der Waals surface area contributed by atoms with E-state index in [4.69, 9.17) is 19.6 Å². The summed E-state index contributed by atoms with van der Waals surface area (Å²) in [6, 6.07) is 28.3. The molecule has 256 valence electrons. The molecule has 3 aromatic heterocycles. The largest absolute Gasteiger partial charge is 0.436 e. The third-order valence-corrected chi connectivity index (χ3v) is 10.4. The predicted octanol–water partition coefficient (Wildman–Crippen LogP) is 8.80. The lowest BCUT2D eigenvalue weighted by Crippen LogP contribution is -2.21. The van der Waals surface area contributed by atoms with E-state index in [1.54, 1.807) is 0 Å². The minimum Gasteiger partial charge on any atom is -0.436 e. The molecule has 9 heteroatoms. The van der Waals surface area contributed by atoms with E-state index in [2.05, 4.69) is 45.7 Å². The van der Waals surface area contributed by atoms with Crippen LogP contribution in [0, 0.1) is 12.8 Å². The van der Waals surface area contributed by atoms with Crippen molar-refractivity contribution in [3.63, 3.8) is 0 Å². The first-order valence-electron chi connectivity index (χ1n) is 17.8. The van der Waals surface area contributed by atoms with Gasteiger partial charge >= 0.3 is 0 Å². The molecule has 7 aromatic rings. The van der Waals surface area contributed by atoms with E-state index in [1.165, 1.54) is 5.56 Å². The third-order valence-electron chi connectivity index (χ3n) is 10.4. The number of para-hydroxylation sites is 4. The minimum atomic E-state index is -0.146. The molecule has 2 aliphatic carbocycles. The van der Waals surface area contributed by atoms with Crippen LogP contribution in [0.4, 0.5) is 5.69 Å². The Bertz CT molecular complexity index is 2190. The lowest BCUT2D eigenvalue weighted by Gasteiger charge is -2.27. The van der Waals surface area contributed by atoms with Crippen LogP contribution in [-0.2, 0) is 6.42 Å². The molecule has 0 bridgehead atoms. The highest BCUT2D eigenvalue weighted by Crippen LogP contribution is 2.35. The fourth-order valence-electron chi connectivity index (χ4n) is 7.69. The van der Waals surface area contributed by atoms with Gasteiger partial charge in [0.15, 0.2) is 11.2 Å². The van der Waals surface area contributed by atoms with Gasteiger partial charge in [-0.05, 0) is 131 Å². The molecule has 2 saturated carbocycles. The quantitative estimate of drug-likeness (QED) is 0.155. The maximum Gasteiger partial charge on any atom is 0.227 e. The van der Waals surface area contributed by atoms with E-state index < -0.39 is 0 Å². The fraction of sp³-hybridized carbons (Fsp3) is 0.341. The zero-order valence-electron chi connectivity index (χ0n) is 28.3. The van der Waals surface area contributed by atoms with Crippen LogP contribution in [0.5, 0.6) is 0 Å². The van der Waals surface area contributed by atoms with Crippen molar-refractivity contribution in [3.8, 4) is 22.9 Å². The Balaban J connectivity index is 0.000000145. The van der Waals surface area contributed by atoms with E-state index in [0.29, 0.717) is 23.7 Å². The van der Waals surface area contributed by atoms with Crippen molar-refractivity contribution in [1.82, 2.24) is 19.5 Å². The molecule has 9 nitrogen and oxygen atoms in total. The smallest absolute Gasteiger partial charge is 0.227 e. The second-order valence-corrected chi connectivity index (χ2v) is 14.0. The zero-order valence-corrected chi connectivity index (χ0v) is 28.3. The molecule has 4 aromatic carbocycles. The summed E-state index contributed by atoms with van der Waals surface area (Å²) in [5, 5.41) is 19.4. The molecule has 0 atom stereocenters. The molecule has 0 aliphatic heterocycles. The number of hydrogen-bond donors (Lipinski definition) is 3. The fourth-order valence-corrected chi connectivity index (χ4v) is 7.69. The minimum absolute atomic E-state index is 0.111. The van der Waals surface area contributed by atoms with Crippen LogP contribution in [0.1, 0.15) is 68.8 Å². The van der Waals surface area contributed by atoms with Crippen molar-refractivity contribution in [2.45, 2.75) is 83.0 Å². The molecule has 0 radical (unpaired) electrons. The summed E-state index contributed by atoms with van der Waals surface area (Å²) in [7, 11) is 0. The number of nitrogens with two attached hydrogens (primary N) is 1. The SMILES string of the molecule is Cc1nc2cc(-c3nc4ccccc4o3)ccc2n1C1CCC(O)CC1.Nc1cc(-c2nc3ccccc3o2)ccc1CC1CCC(O)CC1. The van der Waals surface area contributed by atoms with Gasteiger partial charge in [0.1, 0.15) is 16.9 Å². The summed E-state index contributed by atoms with van der Waals surface area (Å²) in [5.41, 5.74) is 15.5. The summed E-state index contributed by atoms with van der Waals surface area (Å²) in [6.45, 7) is 2.06. The topological polar surface area (TPSA) is 136 Å². The number of hydrogen-bond acceptors (Lipinski definition) is 8. The molecule has 2 fully saturated rings. The number of nitrogens with zero attached hydrogens (tertiary/aromatic N) is 4. The van der Waals surface area contributed by atoms with E-state index in [-0.39, 0.29) is 12.2 Å². The average Bonchev–Trinajstić information content (AvgIpc) is 3.85. The van der Waals surface area contributed by atoms with E-state index in [1.807, 2.05) is 60.7 Å². The summed E-state index contributed by atoms with van der Waals surface area (Å²) in [4.78, 5) is 13.9. The highest BCUT2D eigenvalue weighted by Gasteiger charge is 2.24. The second-order valence-electron chi connectivity index (χ2n) is 14.0. The van der Waals surface area contributed by atoms with Gasteiger partial charge in [0, 0.05) is 22.9 Å². The Morgan fingerprint density at radius 3 is 1.82 bits per heavy atom. The van der Waals surface area contributed by atoms with Crippen molar-refractivity contribution in [3.05, 3.63) is 96.3 Å². The van der Waals surface area contributed by atoms with Crippen LogP contribution >= 0.6 is 0 Å². The lowest BCUT2D eigenvalue weighted by atomic mass is 9.83. The molecular formula is C41H43N5O4. The van der Waals surface area contributed by atoms with Crippen molar-refractivity contribution in [2.75, 3.05) is 5.73 Å². The number of fused-ring (bicyclic) bond motifs is 3. The maximum absolute atomic E-state index is 9.79. The number of aromatic nitrogens is 4. The van der Waals surface area contributed by atoms with Crippen molar-refractivity contribution >= 4 is 38.9 Å². The van der Waals surface area contributed by atoms with Gasteiger partial charge in [-0.1, -0.05) is 30.3 Å². The van der Waals surface area contributed by atoms with Gasteiger partial charge in [-0.2, -0.15) is 0 Å². The molecule has 0 saturated heterocycles. The van der Waals surface area contributed by atoms with E-state index in [0.717, 1.165) is 114 Å². The van der Waals surface area contributed by atoms with Crippen molar-refractivity contribution < 1.29 is 19.0 Å². The normalized spacial score (nSPS) is 21.0. The summed E-state index contributed by atoms with van der Waals surface area (Å²) < 4.78 is 14.0. The highest BCUT2D eigenvalue weighted by molar-refractivity contribution is 5.83. The average molecular weight is 670 g/mol. The molecule has 4 N–H and O–H groups in total. The summed E-state index contributed by atoms with van der Waals surface area (Å²) >= 11 is 0. The first-order valence-corrected chi connectivity index (χ1v) is 17.8. The van der Waals surface area contributed by atoms with Gasteiger partial charge in [-0.3, -0.25) is 0 Å². The zero-order chi connectivity index (χ0) is 34.2. The number of rotatable bonds is 5. The first-order chi connectivity index (χ1) is 24.4. The molecule has 9 rings (SSSR count). The van der Waals surface area contributed by atoms with Gasteiger partial charge in [0.25, 0.3) is 0 Å². The van der Waals surface area contributed by atoms with Gasteiger partial charge in [0.05, 0.1) is 23.2 Å². The predicted molar refractivity (Wildman–Crippen MR) is 197 cm³/mol. The number of nitrogen functional groups attached to an aromatic ring is 1. The van der Waals surface area contributed by atoms with E-state index in [9.17, 15) is 10.2 Å². The second kappa shape index (κ2) is 13.7. The summed E-state index contributed by atoms with van der Waals surface area (Å²) in [5.74, 6) is 2.87. The molecule has 0 spiro atoms. The Morgan fingerprint density at radius 1 is 0.660 bits per heavy atom. The number of benzene rings is 4. The Kier molecular flexibility index (Phi) is 8.85. The van der Waals surface area contributed by atoms with Crippen LogP contribution in [0.15, 0.2) is 93.8 Å². The summed E-state index contributed by atoms with van der Waals surface area (Å²) in [6.07, 6.45) is 8.42. The number of aliphatic hydroxyl groups excluding tert-OH is 2. The van der Waals surface area contributed by atoms with Crippen LogP contribution < -0.4 is 5.73 Å². The van der Waals surface area contributed by atoms with Gasteiger partial charge in [0.2, 0.25) is 11.8 Å².